The normalized spacial score (nSPS) is 43.2. The fraction of sp³-hybridized carbons (Fsp3) is 0.700. The van der Waals surface area contributed by atoms with E-state index >= 15 is 0 Å². The summed E-state index contributed by atoms with van der Waals surface area (Å²) in [5.74, 6) is 0.586. The van der Waals surface area contributed by atoms with Gasteiger partial charge in [0.25, 0.3) is 0 Å². The number of esters is 1. The van der Waals surface area contributed by atoms with E-state index in [1.54, 1.807) is 30.3 Å². The van der Waals surface area contributed by atoms with Gasteiger partial charge in [0.1, 0.15) is 11.9 Å². The van der Waals surface area contributed by atoms with Crippen LogP contribution in [-0.4, -0.2) is 28.3 Å². The molecule has 0 heterocycles. The second kappa shape index (κ2) is 10.5. The Kier molecular flexibility index (Phi) is 7.54. The fourth-order valence-electron chi connectivity index (χ4n) is 12.4. The van der Waals surface area contributed by atoms with Gasteiger partial charge in [0.05, 0.1) is 5.41 Å². The Hall–Kier alpha value is -2.56. The van der Waals surface area contributed by atoms with Crippen molar-refractivity contribution in [3.05, 3.63) is 47.6 Å². The van der Waals surface area contributed by atoms with Gasteiger partial charge in [-0.15, -0.1) is 0 Å². The summed E-state index contributed by atoms with van der Waals surface area (Å²) in [6.45, 7) is 19.2. The molecule has 0 radical (unpaired) electrons. The van der Waals surface area contributed by atoms with Gasteiger partial charge in [0, 0.05) is 11.5 Å². The summed E-state index contributed by atoms with van der Waals surface area (Å²) >= 11 is 0. The Morgan fingerprint density at radius 3 is 2.22 bits per heavy atom. The highest BCUT2D eigenvalue weighted by atomic mass is 16.5. The molecule has 5 aliphatic carbocycles. The molecule has 246 valence electrons. The molecule has 0 aromatic heterocycles. The largest absolute Gasteiger partial charge is 0.508 e. The van der Waals surface area contributed by atoms with Gasteiger partial charge in [-0.1, -0.05) is 79.2 Å². The average molecular weight is 617 g/mol. The third-order valence-corrected chi connectivity index (χ3v) is 14.8. The highest BCUT2D eigenvalue weighted by Crippen LogP contribution is 2.76. The van der Waals surface area contributed by atoms with Crippen molar-refractivity contribution >= 4 is 18.0 Å². The van der Waals surface area contributed by atoms with E-state index in [4.69, 9.17) is 4.74 Å². The van der Waals surface area contributed by atoms with Crippen molar-refractivity contribution in [3.63, 3.8) is 0 Å². The standard InChI is InChI=1S/C40H56O5/c1-25-23-37(6)30(36(4,5)33(25)45-32(42)16-11-26-9-12-27(41)13-10-26)17-18-39(8)31(37)15-14-28-29-24-35(2,3)19-21-40(29,34(43)44)22-20-38(28,39)7/h9-14,16,25,29-31,33,41H,15,17-24H2,1-8H3,(H,43,44)/b16-11+/t25-,29+,30+,31-,33+,37+,38-,39-,40+/m1/s1. The summed E-state index contributed by atoms with van der Waals surface area (Å²) in [4.78, 5) is 26.1. The molecule has 45 heavy (non-hydrogen) atoms. The number of aromatic hydroxyl groups is 1. The van der Waals surface area contributed by atoms with Crippen LogP contribution in [0.15, 0.2) is 42.0 Å². The molecule has 0 aliphatic heterocycles. The molecule has 4 fully saturated rings. The van der Waals surface area contributed by atoms with Crippen LogP contribution in [0.3, 0.4) is 0 Å². The minimum Gasteiger partial charge on any atom is -0.508 e. The fourth-order valence-corrected chi connectivity index (χ4v) is 12.4. The third-order valence-electron chi connectivity index (χ3n) is 14.8. The number of rotatable bonds is 4. The Bertz CT molecular complexity index is 1420. The first-order valence-electron chi connectivity index (χ1n) is 17.5. The van der Waals surface area contributed by atoms with Gasteiger partial charge >= 0.3 is 11.9 Å². The van der Waals surface area contributed by atoms with E-state index < -0.39 is 11.4 Å². The average Bonchev–Trinajstić information content (AvgIpc) is 2.94. The van der Waals surface area contributed by atoms with Crippen LogP contribution in [0.5, 0.6) is 5.75 Å². The molecule has 0 bridgehead atoms. The predicted octanol–water partition coefficient (Wildman–Crippen LogP) is 9.45. The Morgan fingerprint density at radius 1 is 0.889 bits per heavy atom. The van der Waals surface area contributed by atoms with Crippen molar-refractivity contribution in [2.75, 3.05) is 0 Å². The van der Waals surface area contributed by atoms with Gasteiger partial charge in [0.15, 0.2) is 0 Å². The van der Waals surface area contributed by atoms with Gasteiger partial charge in [-0.05, 0) is 127 Å². The zero-order valence-corrected chi connectivity index (χ0v) is 28.9. The van der Waals surface area contributed by atoms with Crippen LogP contribution in [0, 0.1) is 56.2 Å². The van der Waals surface area contributed by atoms with Gasteiger partial charge < -0.3 is 14.9 Å². The summed E-state index contributed by atoms with van der Waals surface area (Å²) in [6, 6.07) is 6.80. The number of phenolic OH excluding ortho intramolecular Hbond substituents is 1. The van der Waals surface area contributed by atoms with Crippen molar-refractivity contribution < 1.29 is 24.5 Å². The quantitative estimate of drug-likeness (QED) is 0.200. The van der Waals surface area contributed by atoms with Crippen LogP contribution in [0.25, 0.3) is 6.08 Å². The van der Waals surface area contributed by atoms with Gasteiger partial charge in [-0.2, -0.15) is 0 Å². The van der Waals surface area contributed by atoms with Crippen LogP contribution in [0.1, 0.15) is 119 Å². The molecule has 5 heteroatoms. The summed E-state index contributed by atoms with van der Waals surface area (Å²) in [7, 11) is 0. The van der Waals surface area contributed by atoms with E-state index in [0.29, 0.717) is 11.8 Å². The molecule has 0 unspecified atom stereocenters. The van der Waals surface area contributed by atoms with Crippen LogP contribution in [0.2, 0.25) is 0 Å². The topological polar surface area (TPSA) is 83.8 Å². The zero-order valence-electron chi connectivity index (χ0n) is 28.9. The molecule has 1 aromatic carbocycles. The van der Waals surface area contributed by atoms with E-state index in [1.165, 1.54) is 11.6 Å². The number of benzene rings is 1. The van der Waals surface area contributed by atoms with Crippen molar-refractivity contribution in [2.24, 2.45) is 56.2 Å². The van der Waals surface area contributed by atoms with Gasteiger partial charge in [0.2, 0.25) is 0 Å². The number of fused-ring (bicyclic) bond motifs is 7. The summed E-state index contributed by atoms with van der Waals surface area (Å²) < 4.78 is 6.29. The molecule has 1 aromatic rings. The second-order valence-electron chi connectivity index (χ2n) is 18.0. The lowest BCUT2D eigenvalue weighted by Crippen LogP contribution is -2.66. The maximum absolute atomic E-state index is 13.1. The van der Waals surface area contributed by atoms with Crippen molar-refractivity contribution in [2.45, 2.75) is 119 Å². The molecule has 5 aliphatic rings. The first-order chi connectivity index (χ1) is 20.9. The molecular weight excluding hydrogens is 560 g/mol. The van der Waals surface area contributed by atoms with Crippen LogP contribution in [0.4, 0.5) is 0 Å². The number of carbonyl (C=O) groups excluding carboxylic acids is 1. The molecule has 6 rings (SSSR count). The van der Waals surface area contributed by atoms with Crippen LogP contribution in [-0.2, 0) is 14.3 Å². The van der Waals surface area contributed by atoms with Crippen molar-refractivity contribution in [3.8, 4) is 5.75 Å². The molecular formula is C40H56O5. The summed E-state index contributed by atoms with van der Waals surface area (Å²) in [5, 5.41) is 20.2. The molecule has 5 nitrogen and oxygen atoms in total. The maximum Gasteiger partial charge on any atom is 0.331 e. The minimum absolute atomic E-state index is 0.00332. The monoisotopic (exact) mass is 616 g/mol. The van der Waals surface area contributed by atoms with Gasteiger partial charge in [-0.3, -0.25) is 4.79 Å². The Labute approximate surface area is 270 Å². The third kappa shape index (κ3) is 4.75. The lowest BCUT2D eigenvalue weighted by molar-refractivity contribution is -0.225. The predicted molar refractivity (Wildman–Crippen MR) is 178 cm³/mol. The molecule has 9 atom stereocenters. The van der Waals surface area contributed by atoms with Gasteiger partial charge in [-0.25, -0.2) is 4.79 Å². The molecule has 0 spiro atoms. The second-order valence-corrected chi connectivity index (χ2v) is 18.0. The first-order valence-corrected chi connectivity index (χ1v) is 17.5. The highest BCUT2D eigenvalue weighted by molar-refractivity contribution is 5.87. The Morgan fingerprint density at radius 2 is 1.56 bits per heavy atom. The number of carbonyl (C=O) groups is 2. The number of carboxylic acids is 1. The van der Waals surface area contributed by atoms with E-state index in [1.807, 2.05) is 0 Å². The number of hydrogen-bond donors (Lipinski definition) is 2. The number of aliphatic carboxylic acids is 1. The number of phenols is 1. The SMILES string of the molecule is C[C@@H]1C[C@]2(C)[C@H]3CC=C4[C@@H]5CC(C)(C)CC[C@]5(C(=O)O)CC[C@@]4(C)[C@]3(C)CC[C@H]2C(C)(C)[C@H]1OC(=O)/C=C/c1ccc(O)cc1. The molecule has 4 saturated carbocycles. The highest BCUT2D eigenvalue weighted by Gasteiger charge is 2.70. The van der Waals surface area contributed by atoms with Crippen LogP contribution >= 0.6 is 0 Å². The van der Waals surface area contributed by atoms with E-state index in [0.717, 1.165) is 63.4 Å². The maximum atomic E-state index is 13.1. The Balaban J connectivity index is 1.29. The van der Waals surface area contributed by atoms with Crippen molar-refractivity contribution in [1.82, 2.24) is 0 Å². The lowest BCUT2D eigenvalue weighted by atomic mass is 9.33. The molecule has 2 N–H and O–H groups in total. The molecule has 0 saturated heterocycles. The van der Waals surface area contributed by atoms with Crippen molar-refractivity contribution in [1.29, 1.82) is 0 Å². The smallest absolute Gasteiger partial charge is 0.331 e. The van der Waals surface area contributed by atoms with E-state index in [9.17, 15) is 19.8 Å². The number of allylic oxidation sites excluding steroid dienone is 2. The van der Waals surface area contributed by atoms with E-state index in [2.05, 4.69) is 61.5 Å². The number of hydrogen-bond acceptors (Lipinski definition) is 4. The number of carboxylic acid groups (broad SMARTS) is 1. The lowest BCUT2D eigenvalue weighted by Gasteiger charge is -2.71. The number of ether oxygens (including phenoxy) is 1. The zero-order chi connectivity index (χ0) is 32.8. The molecule has 0 amide bonds. The minimum atomic E-state index is -0.611. The van der Waals surface area contributed by atoms with E-state index in [-0.39, 0.29) is 56.7 Å². The van der Waals surface area contributed by atoms with Crippen LogP contribution < -0.4 is 0 Å². The summed E-state index contributed by atoms with van der Waals surface area (Å²) in [6.07, 6.45) is 14.4. The first kappa shape index (κ1) is 32.4. The summed E-state index contributed by atoms with van der Waals surface area (Å²) in [5.41, 5.74) is 1.88.